The van der Waals surface area contributed by atoms with E-state index in [2.05, 4.69) is 16.9 Å². The molecule has 2 aromatic heterocycles. The summed E-state index contributed by atoms with van der Waals surface area (Å²) in [5.41, 5.74) is -2.82. The van der Waals surface area contributed by atoms with Gasteiger partial charge in [-0.05, 0) is 36.8 Å². The van der Waals surface area contributed by atoms with Gasteiger partial charge in [0.05, 0.1) is 16.4 Å². The van der Waals surface area contributed by atoms with Crippen LogP contribution in [-0.2, 0) is 16.4 Å². The van der Waals surface area contributed by atoms with E-state index >= 15 is 0 Å². The van der Waals surface area contributed by atoms with Crippen LogP contribution in [-0.4, -0.2) is 23.9 Å². The van der Waals surface area contributed by atoms with E-state index in [4.69, 9.17) is 11.6 Å². The van der Waals surface area contributed by atoms with Crippen LogP contribution in [0.25, 0.3) is 21.8 Å². The number of hydrogen-bond donors (Lipinski definition) is 1. The van der Waals surface area contributed by atoms with Crippen molar-refractivity contribution in [2.24, 2.45) is 0 Å². The number of aromatic nitrogens is 2. The minimum atomic E-state index is -5.51. The summed E-state index contributed by atoms with van der Waals surface area (Å²) in [6.07, 6.45) is 3.54. The van der Waals surface area contributed by atoms with E-state index in [0.717, 1.165) is 35.2 Å². The first-order chi connectivity index (χ1) is 13.6. The van der Waals surface area contributed by atoms with Gasteiger partial charge in [-0.15, -0.1) is 11.3 Å². The zero-order valence-corrected chi connectivity index (χ0v) is 17.4. The first-order valence-corrected chi connectivity index (χ1v) is 11.1. The number of sulfonamides is 1. The quantitative estimate of drug-likeness (QED) is 0.508. The molecule has 0 aliphatic heterocycles. The summed E-state index contributed by atoms with van der Waals surface area (Å²) in [6.45, 7) is 2.07. The van der Waals surface area contributed by atoms with Gasteiger partial charge in [0.1, 0.15) is 5.01 Å². The summed E-state index contributed by atoms with van der Waals surface area (Å²) in [5.74, 6) is 0. The van der Waals surface area contributed by atoms with E-state index in [0.29, 0.717) is 11.3 Å². The highest BCUT2D eigenvalue weighted by Crippen LogP contribution is 2.35. The second kappa shape index (κ2) is 8.29. The summed E-state index contributed by atoms with van der Waals surface area (Å²) in [6, 6.07) is 7.55. The molecule has 0 saturated heterocycles. The van der Waals surface area contributed by atoms with Gasteiger partial charge in [-0.3, -0.25) is 9.71 Å². The third-order valence-corrected chi connectivity index (χ3v) is 6.19. The summed E-state index contributed by atoms with van der Waals surface area (Å²) in [4.78, 5) is 8.85. The maximum atomic E-state index is 12.5. The molecule has 0 saturated carbocycles. The Hall–Kier alpha value is -2.17. The smallest absolute Gasteiger partial charge is 0.276 e. The van der Waals surface area contributed by atoms with Crippen LogP contribution in [0.2, 0.25) is 5.02 Å². The van der Waals surface area contributed by atoms with Gasteiger partial charge in [0.25, 0.3) is 0 Å². The number of alkyl halides is 3. The van der Waals surface area contributed by atoms with E-state index in [1.165, 1.54) is 28.2 Å². The van der Waals surface area contributed by atoms with Crippen LogP contribution in [0.5, 0.6) is 0 Å². The summed E-state index contributed by atoms with van der Waals surface area (Å²) < 4.78 is 61.4. The number of nitrogens with one attached hydrogen (secondary N) is 1. The Morgan fingerprint density at radius 2 is 1.97 bits per heavy atom. The van der Waals surface area contributed by atoms with E-state index in [9.17, 15) is 21.6 Å². The molecule has 5 nitrogen and oxygen atoms in total. The molecule has 0 atom stereocenters. The molecular weight excluding hydrogens is 447 g/mol. The monoisotopic (exact) mass is 461 g/mol. The molecule has 3 rings (SSSR count). The number of pyridine rings is 1. The van der Waals surface area contributed by atoms with E-state index < -0.39 is 15.5 Å². The molecule has 2 heterocycles. The van der Waals surface area contributed by atoms with Gasteiger partial charge in [-0.2, -0.15) is 21.6 Å². The lowest BCUT2D eigenvalue weighted by Gasteiger charge is -2.11. The second-order valence-electron chi connectivity index (χ2n) is 6.07. The molecule has 0 aliphatic rings. The van der Waals surface area contributed by atoms with Crippen molar-refractivity contribution >= 4 is 38.6 Å². The van der Waals surface area contributed by atoms with Crippen molar-refractivity contribution in [3.63, 3.8) is 0 Å². The zero-order valence-electron chi connectivity index (χ0n) is 15.0. The average Bonchev–Trinajstić information content (AvgIpc) is 3.11. The molecule has 1 N–H and O–H groups in total. The number of anilines is 1. The minimum Gasteiger partial charge on any atom is -0.276 e. The maximum absolute atomic E-state index is 12.5. The lowest BCUT2D eigenvalue weighted by molar-refractivity contribution is -0.0429. The van der Waals surface area contributed by atoms with Crippen molar-refractivity contribution in [1.29, 1.82) is 0 Å². The summed E-state index contributed by atoms with van der Waals surface area (Å²) in [5, 5.41) is 2.60. The molecule has 0 aliphatic carbocycles. The average molecular weight is 462 g/mol. The molecule has 29 heavy (non-hydrogen) atoms. The van der Waals surface area contributed by atoms with Crippen molar-refractivity contribution in [2.45, 2.75) is 25.3 Å². The Bertz CT molecular complexity index is 1130. The Balaban J connectivity index is 1.86. The van der Waals surface area contributed by atoms with Gasteiger partial charge >= 0.3 is 15.5 Å². The van der Waals surface area contributed by atoms with Crippen LogP contribution < -0.4 is 4.72 Å². The standard InChI is InChI=1S/C18H15ClF3N3O2S2/c1-2-3-12-8-11(6-7-23-12)17-24-16(10-28-17)14-5-4-13(9-15(14)19)25-29(26,27)18(20,21)22/h4-10,25H,2-3H2,1H3. The summed E-state index contributed by atoms with van der Waals surface area (Å²) >= 11 is 7.56. The minimum absolute atomic E-state index is 0.0747. The van der Waals surface area contributed by atoms with Crippen LogP contribution in [0.3, 0.4) is 0 Å². The lowest BCUT2D eigenvalue weighted by atomic mass is 10.1. The first-order valence-electron chi connectivity index (χ1n) is 8.40. The molecule has 11 heteroatoms. The predicted octanol–water partition coefficient (Wildman–Crippen LogP) is 5.74. The van der Waals surface area contributed by atoms with Gasteiger partial charge in [0.2, 0.25) is 0 Å². The Labute approximate surface area is 174 Å². The van der Waals surface area contributed by atoms with Crippen molar-refractivity contribution in [3.8, 4) is 21.8 Å². The highest BCUT2D eigenvalue weighted by Gasteiger charge is 2.46. The molecule has 0 unspecified atom stereocenters. The van der Waals surface area contributed by atoms with Gasteiger partial charge < -0.3 is 0 Å². The summed E-state index contributed by atoms with van der Waals surface area (Å²) in [7, 11) is -5.51. The van der Waals surface area contributed by atoms with Gasteiger partial charge in [0.15, 0.2) is 0 Å². The number of hydrogen-bond acceptors (Lipinski definition) is 5. The van der Waals surface area contributed by atoms with Crippen LogP contribution in [0.4, 0.5) is 18.9 Å². The fourth-order valence-corrected chi connectivity index (χ4v) is 4.18. The van der Waals surface area contributed by atoms with E-state index in [1.54, 1.807) is 11.6 Å². The van der Waals surface area contributed by atoms with Crippen molar-refractivity contribution in [3.05, 3.63) is 52.6 Å². The Kier molecular flexibility index (Phi) is 6.16. The number of aryl methyl sites for hydroxylation is 1. The van der Waals surface area contributed by atoms with Crippen LogP contribution in [0.1, 0.15) is 19.0 Å². The first kappa shape index (κ1) is 21.5. The molecular formula is C18H15ClF3N3O2S2. The van der Waals surface area contributed by atoms with Crippen molar-refractivity contribution in [1.82, 2.24) is 9.97 Å². The number of thiazole rings is 1. The zero-order chi connectivity index (χ0) is 21.2. The SMILES string of the molecule is CCCc1cc(-c2nc(-c3ccc(NS(=O)(=O)C(F)(F)F)cc3Cl)cs2)ccn1. The fourth-order valence-electron chi connectivity index (χ4n) is 2.53. The lowest BCUT2D eigenvalue weighted by Crippen LogP contribution is -2.29. The largest absolute Gasteiger partial charge is 0.516 e. The number of nitrogens with zero attached hydrogens (tertiary/aromatic N) is 2. The molecule has 0 amide bonds. The molecule has 0 spiro atoms. The third-order valence-electron chi connectivity index (χ3n) is 3.88. The number of benzene rings is 1. The molecule has 154 valence electrons. The Morgan fingerprint density at radius 3 is 2.62 bits per heavy atom. The highest BCUT2D eigenvalue weighted by molar-refractivity contribution is 7.93. The van der Waals surface area contributed by atoms with E-state index in [1.807, 2.05) is 12.1 Å². The third kappa shape index (κ3) is 4.88. The van der Waals surface area contributed by atoms with Gasteiger partial charge in [-0.1, -0.05) is 24.9 Å². The highest BCUT2D eigenvalue weighted by atomic mass is 35.5. The molecule has 3 aromatic rings. The van der Waals surface area contributed by atoms with Crippen molar-refractivity contribution in [2.75, 3.05) is 4.72 Å². The fraction of sp³-hybridized carbons (Fsp3) is 0.222. The van der Waals surface area contributed by atoms with Gasteiger partial charge in [-0.25, -0.2) is 4.98 Å². The topological polar surface area (TPSA) is 72.0 Å². The second-order valence-corrected chi connectivity index (χ2v) is 9.01. The van der Waals surface area contributed by atoms with Crippen LogP contribution in [0, 0.1) is 0 Å². The molecule has 1 aromatic carbocycles. The van der Waals surface area contributed by atoms with Crippen LogP contribution in [0.15, 0.2) is 41.9 Å². The Morgan fingerprint density at radius 1 is 1.21 bits per heavy atom. The molecule has 0 fully saturated rings. The van der Waals surface area contributed by atoms with Gasteiger partial charge in [0, 0.05) is 28.4 Å². The predicted molar refractivity (Wildman–Crippen MR) is 108 cm³/mol. The van der Waals surface area contributed by atoms with E-state index in [-0.39, 0.29) is 10.7 Å². The number of rotatable bonds is 6. The normalized spacial score (nSPS) is 12.2. The molecule has 0 radical (unpaired) electrons. The van der Waals surface area contributed by atoms with Crippen LogP contribution >= 0.6 is 22.9 Å². The maximum Gasteiger partial charge on any atom is 0.516 e. The number of halogens is 4. The molecule has 0 bridgehead atoms. The van der Waals surface area contributed by atoms with Crippen molar-refractivity contribution < 1.29 is 21.6 Å².